The van der Waals surface area contributed by atoms with Crippen LogP contribution in [0, 0.1) is 26.8 Å². The molecule has 0 aliphatic rings. The van der Waals surface area contributed by atoms with Crippen LogP contribution in [0.15, 0.2) is 34.7 Å². The van der Waals surface area contributed by atoms with E-state index in [0.717, 1.165) is 22.2 Å². The van der Waals surface area contributed by atoms with E-state index in [0.29, 0.717) is 5.89 Å². The predicted molar refractivity (Wildman–Crippen MR) is 72.5 cm³/mol. The van der Waals surface area contributed by atoms with Gasteiger partial charge in [0.2, 0.25) is 5.89 Å². The van der Waals surface area contributed by atoms with Crippen LogP contribution in [-0.4, -0.2) is 4.98 Å². The molecule has 2 heteroatoms. The molecule has 2 aromatic carbocycles. The van der Waals surface area contributed by atoms with Gasteiger partial charge in [0, 0.05) is 5.56 Å². The molecule has 1 radical (unpaired) electrons. The first kappa shape index (κ1) is 11.0. The van der Waals surface area contributed by atoms with E-state index in [4.69, 9.17) is 4.42 Å². The fourth-order valence-electron chi connectivity index (χ4n) is 2.02. The van der Waals surface area contributed by atoms with Crippen molar-refractivity contribution < 1.29 is 4.42 Å². The second-order valence-electron chi connectivity index (χ2n) is 4.68. The van der Waals surface area contributed by atoms with Crippen molar-refractivity contribution in [2.45, 2.75) is 20.8 Å². The van der Waals surface area contributed by atoms with Crippen LogP contribution in [0.2, 0.25) is 0 Å². The molecule has 3 aromatic rings. The average molecular weight is 236 g/mol. The molecule has 3 rings (SSSR count). The van der Waals surface area contributed by atoms with Crippen molar-refractivity contribution in [3.05, 3.63) is 53.1 Å². The SMILES string of the molecule is Cc1[c]ccc(-c2nc3cc(C)c(C)cc3o2)c1. The minimum Gasteiger partial charge on any atom is -0.436 e. The third kappa shape index (κ3) is 1.80. The topological polar surface area (TPSA) is 26.0 Å². The molecule has 0 aliphatic heterocycles. The summed E-state index contributed by atoms with van der Waals surface area (Å²) in [6, 6.07) is 13.1. The Morgan fingerprint density at radius 2 is 1.83 bits per heavy atom. The molecule has 0 spiro atoms. The molecule has 0 unspecified atom stereocenters. The van der Waals surface area contributed by atoms with Crippen LogP contribution in [0.25, 0.3) is 22.6 Å². The number of hydrogen-bond donors (Lipinski definition) is 0. The first-order valence-corrected chi connectivity index (χ1v) is 6.00. The van der Waals surface area contributed by atoms with Crippen molar-refractivity contribution in [2.24, 2.45) is 0 Å². The predicted octanol–water partition coefficient (Wildman–Crippen LogP) is 4.22. The highest BCUT2D eigenvalue weighted by atomic mass is 16.3. The summed E-state index contributed by atoms with van der Waals surface area (Å²) in [5, 5.41) is 0. The first-order chi connectivity index (χ1) is 8.63. The van der Waals surface area contributed by atoms with Gasteiger partial charge in [-0.15, -0.1) is 0 Å². The summed E-state index contributed by atoms with van der Waals surface area (Å²) in [4.78, 5) is 4.55. The van der Waals surface area contributed by atoms with Crippen LogP contribution in [-0.2, 0) is 0 Å². The summed E-state index contributed by atoms with van der Waals surface area (Å²) < 4.78 is 5.82. The van der Waals surface area contributed by atoms with Gasteiger partial charge in [-0.05, 0) is 67.8 Å². The van der Waals surface area contributed by atoms with Crippen molar-refractivity contribution in [3.8, 4) is 11.5 Å². The molecule has 0 amide bonds. The molecule has 1 aromatic heterocycles. The van der Waals surface area contributed by atoms with Crippen molar-refractivity contribution in [1.82, 2.24) is 4.98 Å². The van der Waals surface area contributed by atoms with Gasteiger partial charge in [0.05, 0.1) is 0 Å². The summed E-state index contributed by atoms with van der Waals surface area (Å²) in [6.45, 7) is 6.18. The van der Waals surface area contributed by atoms with E-state index in [-0.39, 0.29) is 0 Å². The van der Waals surface area contributed by atoms with Crippen molar-refractivity contribution >= 4 is 11.1 Å². The molecular formula is C16H14NO. The van der Waals surface area contributed by atoms with Gasteiger partial charge < -0.3 is 4.42 Å². The lowest BCUT2D eigenvalue weighted by Gasteiger charge is -1.96. The van der Waals surface area contributed by atoms with E-state index < -0.39 is 0 Å². The number of hydrogen-bond acceptors (Lipinski definition) is 2. The number of aryl methyl sites for hydroxylation is 3. The molecule has 2 nitrogen and oxygen atoms in total. The average Bonchev–Trinajstić information content (AvgIpc) is 2.73. The largest absolute Gasteiger partial charge is 0.436 e. The molecule has 18 heavy (non-hydrogen) atoms. The fraction of sp³-hybridized carbons (Fsp3) is 0.188. The zero-order valence-corrected chi connectivity index (χ0v) is 10.7. The van der Waals surface area contributed by atoms with Gasteiger partial charge in [-0.1, -0.05) is 6.07 Å². The van der Waals surface area contributed by atoms with Crippen LogP contribution in [0.4, 0.5) is 0 Å². The van der Waals surface area contributed by atoms with Crippen molar-refractivity contribution in [1.29, 1.82) is 0 Å². The Morgan fingerprint density at radius 1 is 1.06 bits per heavy atom. The minimum absolute atomic E-state index is 0.673. The molecule has 0 aliphatic carbocycles. The van der Waals surface area contributed by atoms with E-state index >= 15 is 0 Å². The molecule has 0 saturated heterocycles. The van der Waals surface area contributed by atoms with Crippen molar-refractivity contribution in [3.63, 3.8) is 0 Å². The molecular weight excluding hydrogens is 222 g/mol. The Kier molecular flexibility index (Phi) is 2.44. The molecule has 89 valence electrons. The van der Waals surface area contributed by atoms with Crippen LogP contribution in [0.1, 0.15) is 16.7 Å². The minimum atomic E-state index is 0.673. The van der Waals surface area contributed by atoms with Crippen LogP contribution in [0.5, 0.6) is 0 Å². The quantitative estimate of drug-likeness (QED) is 0.632. The molecule has 0 bridgehead atoms. The lowest BCUT2D eigenvalue weighted by atomic mass is 10.1. The Bertz CT molecular complexity index is 686. The Balaban J connectivity index is 2.19. The van der Waals surface area contributed by atoms with E-state index in [1.165, 1.54) is 11.1 Å². The van der Waals surface area contributed by atoms with Gasteiger partial charge in [-0.2, -0.15) is 0 Å². The monoisotopic (exact) mass is 236 g/mol. The number of benzene rings is 2. The molecule has 0 atom stereocenters. The highest BCUT2D eigenvalue weighted by Crippen LogP contribution is 2.26. The van der Waals surface area contributed by atoms with Gasteiger partial charge in [0.15, 0.2) is 5.58 Å². The lowest BCUT2D eigenvalue weighted by molar-refractivity contribution is 0.619. The Hall–Kier alpha value is -2.09. The Labute approximate surface area is 106 Å². The maximum absolute atomic E-state index is 5.82. The van der Waals surface area contributed by atoms with Crippen LogP contribution < -0.4 is 0 Å². The fourth-order valence-corrected chi connectivity index (χ4v) is 2.02. The van der Waals surface area contributed by atoms with Crippen molar-refractivity contribution in [2.75, 3.05) is 0 Å². The lowest BCUT2D eigenvalue weighted by Crippen LogP contribution is -1.80. The van der Waals surface area contributed by atoms with Gasteiger partial charge in [-0.3, -0.25) is 0 Å². The third-order valence-corrected chi connectivity index (χ3v) is 3.20. The second-order valence-corrected chi connectivity index (χ2v) is 4.68. The number of fused-ring (bicyclic) bond motifs is 1. The number of aromatic nitrogens is 1. The zero-order valence-electron chi connectivity index (χ0n) is 10.7. The zero-order chi connectivity index (χ0) is 12.7. The molecule has 0 N–H and O–H groups in total. The van der Waals surface area contributed by atoms with E-state index in [9.17, 15) is 0 Å². The van der Waals surface area contributed by atoms with Crippen LogP contribution >= 0.6 is 0 Å². The van der Waals surface area contributed by atoms with Gasteiger partial charge in [-0.25, -0.2) is 4.98 Å². The normalized spacial score (nSPS) is 11.1. The van der Waals surface area contributed by atoms with E-state index in [2.05, 4.69) is 31.0 Å². The maximum Gasteiger partial charge on any atom is 0.227 e. The maximum atomic E-state index is 5.82. The standard InChI is InChI=1S/C16H14NO/c1-10-5-4-6-13(7-10)16-17-14-8-11(2)12(3)9-15(14)18-16/h4,6-9H,1-3H3. The summed E-state index contributed by atoms with van der Waals surface area (Å²) in [6.07, 6.45) is 0. The molecule has 0 fully saturated rings. The summed E-state index contributed by atoms with van der Waals surface area (Å²) in [7, 11) is 0. The van der Waals surface area contributed by atoms with Crippen LogP contribution in [0.3, 0.4) is 0 Å². The van der Waals surface area contributed by atoms with Gasteiger partial charge >= 0.3 is 0 Å². The molecule has 1 heterocycles. The van der Waals surface area contributed by atoms with Gasteiger partial charge in [0.1, 0.15) is 5.52 Å². The summed E-state index contributed by atoms with van der Waals surface area (Å²) in [5.41, 5.74) is 6.31. The number of rotatable bonds is 1. The summed E-state index contributed by atoms with van der Waals surface area (Å²) >= 11 is 0. The Morgan fingerprint density at radius 3 is 2.61 bits per heavy atom. The van der Waals surface area contributed by atoms with E-state index in [1.54, 1.807) is 0 Å². The number of oxazole rings is 1. The second kappa shape index (κ2) is 3.98. The number of nitrogens with zero attached hydrogens (tertiary/aromatic N) is 1. The smallest absolute Gasteiger partial charge is 0.227 e. The summed E-state index contributed by atoms with van der Waals surface area (Å²) in [5.74, 6) is 0.673. The van der Waals surface area contributed by atoms with Gasteiger partial charge in [0.25, 0.3) is 0 Å². The highest BCUT2D eigenvalue weighted by Gasteiger charge is 2.09. The third-order valence-electron chi connectivity index (χ3n) is 3.20. The molecule has 0 saturated carbocycles. The van der Waals surface area contributed by atoms with E-state index in [1.807, 2.05) is 31.2 Å². The first-order valence-electron chi connectivity index (χ1n) is 6.00. The highest BCUT2D eigenvalue weighted by molar-refractivity contribution is 5.78.